The summed E-state index contributed by atoms with van der Waals surface area (Å²) in [6.07, 6.45) is 3.36. The van der Waals surface area contributed by atoms with Crippen molar-refractivity contribution < 1.29 is 9.53 Å². The monoisotopic (exact) mass is 481 g/mol. The summed E-state index contributed by atoms with van der Waals surface area (Å²) in [6.45, 7) is 4.14. The summed E-state index contributed by atoms with van der Waals surface area (Å²) in [5, 5.41) is 1.25. The highest BCUT2D eigenvalue weighted by atomic mass is 35.5. The molecule has 3 rings (SSSR count). The van der Waals surface area contributed by atoms with Crippen LogP contribution in [0.25, 0.3) is 10.2 Å². The zero-order valence-corrected chi connectivity index (χ0v) is 20.5. The van der Waals surface area contributed by atoms with E-state index in [-0.39, 0.29) is 18.3 Å². The molecule has 0 aliphatic heterocycles. The van der Waals surface area contributed by atoms with Crippen LogP contribution >= 0.6 is 35.3 Å². The molecule has 0 saturated heterocycles. The van der Waals surface area contributed by atoms with Crippen LogP contribution in [-0.2, 0) is 0 Å². The summed E-state index contributed by atoms with van der Waals surface area (Å²) >= 11 is 7.78. The van der Waals surface area contributed by atoms with E-state index in [0.717, 1.165) is 41.8 Å². The van der Waals surface area contributed by atoms with Crippen LogP contribution in [0.4, 0.5) is 5.13 Å². The maximum Gasteiger partial charge on any atom is 0.260 e. The van der Waals surface area contributed by atoms with E-state index in [9.17, 15) is 4.79 Å². The largest absolute Gasteiger partial charge is 0.494 e. The number of fused-ring (bicyclic) bond motifs is 1. The zero-order chi connectivity index (χ0) is 21.5. The van der Waals surface area contributed by atoms with Gasteiger partial charge in [0.15, 0.2) is 5.13 Å². The van der Waals surface area contributed by atoms with Crippen molar-refractivity contribution in [3.8, 4) is 5.75 Å². The molecule has 0 unspecified atom stereocenters. The molecule has 0 aliphatic carbocycles. The summed E-state index contributed by atoms with van der Waals surface area (Å²) in [6, 6.07) is 13.1. The van der Waals surface area contributed by atoms with Gasteiger partial charge in [-0.2, -0.15) is 0 Å². The standard InChI is InChI=1S/C23H28ClN3O2S.ClH/c1-4-5-6-16-29-18-12-10-17(11-13-18)22(28)27(15-14-26(2)3)23-25-21-19(24)8-7-9-20(21)30-23;/h7-13H,4-6,14-16H2,1-3H3;1H. The smallest absolute Gasteiger partial charge is 0.260 e. The summed E-state index contributed by atoms with van der Waals surface area (Å²) < 4.78 is 6.73. The number of ether oxygens (including phenoxy) is 1. The van der Waals surface area contributed by atoms with E-state index in [4.69, 9.17) is 16.3 Å². The second kappa shape index (κ2) is 12.2. The van der Waals surface area contributed by atoms with Gasteiger partial charge in [-0.05, 0) is 56.9 Å². The van der Waals surface area contributed by atoms with Gasteiger partial charge in [0.25, 0.3) is 5.91 Å². The number of carbonyl (C=O) groups excluding carboxylic acids is 1. The Morgan fingerprint density at radius 3 is 2.48 bits per heavy atom. The molecule has 1 aromatic heterocycles. The number of anilines is 1. The molecular formula is C23H29Cl2N3O2S. The second-order valence-corrected chi connectivity index (χ2v) is 8.84. The molecular weight excluding hydrogens is 453 g/mol. The number of thiazole rings is 1. The van der Waals surface area contributed by atoms with E-state index in [0.29, 0.717) is 28.9 Å². The van der Waals surface area contributed by atoms with Crippen molar-refractivity contribution in [2.75, 3.05) is 38.7 Å². The predicted molar refractivity (Wildman–Crippen MR) is 134 cm³/mol. The molecule has 0 radical (unpaired) electrons. The number of carbonyl (C=O) groups is 1. The Morgan fingerprint density at radius 1 is 1.10 bits per heavy atom. The maximum absolute atomic E-state index is 13.3. The topological polar surface area (TPSA) is 45.7 Å². The number of aromatic nitrogens is 1. The van der Waals surface area contributed by atoms with E-state index in [2.05, 4.69) is 11.9 Å². The molecule has 0 fully saturated rings. The first-order valence-electron chi connectivity index (χ1n) is 10.2. The first-order chi connectivity index (χ1) is 14.5. The first kappa shape index (κ1) is 25.4. The van der Waals surface area contributed by atoms with Gasteiger partial charge >= 0.3 is 0 Å². The van der Waals surface area contributed by atoms with Gasteiger partial charge in [0, 0.05) is 18.7 Å². The number of likely N-dealkylation sites (N-methyl/N-ethyl adjacent to an activating group) is 1. The maximum atomic E-state index is 13.3. The molecule has 1 heterocycles. The third-order valence-corrected chi connectivity index (χ3v) is 6.07. The molecule has 2 aromatic carbocycles. The van der Waals surface area contributed by atoms with Crippen molar-refractivity contribution in [1.82, 2.24) is 9.88 Å². The molecule has 168 valence electrons. The van der Waals surface area contributed by atoms with Crippen LogP contribution in [0.15, 0.2) is 42.5 Å². The minimum absolute atomic E-state index is 0. The molecule has 0 atom stereocenters. The van der Waals surface area contributed by atoms with Gasteiger partial charge in [-0.3, -0.25) is 9.69 Å². The van der Waals surface area contributed by atoms with Gasteiger partial charge in [0.2, 0.25) is 0 Å². The molecule has 1 amide bonds. The van der Waals surface area contributed by atoms with Crippen molar-refractivity contribution in [3.63, 3.8) is 0 Å². The minimum Gasteiger partial charge on any atom is -0.494 e. The fourth-order valence-corrected chi connectivity index (χ4v) is 4.28. The van der Waals surface area contributed by atoms with Crippen molar-refractivity contribution in [3.05, 3.63) is 53.1 Å². The zero-order valence-electron chi connectivity index (χ0n) is 18.1. The van der Waals surface area contributed by atoms with Crippen molar-refractivity contribution in [1.29, 1.82) is 0 Å². The summed E-state index contributed by atoms with van der Waals surface area (Å²) in [5.74, 6) is 0.707. The minimum atomic E-state index is -0.0791. The van der Waals surface area contributed by atoms with Crippen LogP contribution in [0, 0.1) is 0 Å². The van der Waals surface area contributed by atoms with Crippen LogP contribution in [0.5, 0.6) is 5.75 Å². The normalized spacial score (nSPS) is 10.9. The highest BCUT2D eigenvalue weighted by Crippen LogP contribution is 2.33. The number of nitrogens with zero attached hydrogens (tertiary/aromatic N) is 3. The van der Waals surface area contributed by atoms with Crippen LogP contribution in [-0.4, -0.2) is 49.6 Å². The number of para-hydroxylation sites is 1. The number of rotatable bonds is 10. The Kier molecular flexibility index (Phi) is 10.0. The predicted octanol–water partition coefficient (Wildman–Crippen LogP) is 6.15. The highest BCUT2D eigenvalue weighted by Gasteiger charge is 2.22. The molecule has 0 N–H and O–H groups in total. The van der Waals surface area contributed by atoms with Crippen LogP contribution in [0.1, 0.15) is 36.5 Å². The van der Waals surface area contributed by atoms with E-state index < -0.39 is 0 Å². The Labute approximate surface area is 199 Å². The van der Waals surface area contributed by atoms with Gasteiger partial charge < -0.3 is 9.64 Å². The Bertz CT molecular complexity index is 977. The summed E-state index contributed by atoms with van der Waals surface area (Å²) in [7, 11) is 3.98. The number of amides is 1. The second-order valence-electron chi connectivity index (χ2n) is 7.42. The highest BCUT2D eigenvalue weighted by molar-refractivity contribution is 7.22. The van der Waals surface area contributed by atoms with Crippen LogP contribution in [0.2, 0.25) is 5.02 Å². The third kappa shape index (κ3) is 6.81. The Balaban J connectivity index is 0.00000341. The SMILES string of the molecule is CCCCCOc1ccc(C(=O)N(CCN(C)C)c2nc3c(Cl)cccc3s2)cc1.Cl. The van der Waals surface area contributed by atoms with Crippen LogP contribution in [0.3, 0.4) is 0 Å². The average Bonchev–Trinajstić information content (AvgIpc) is 3.17. The first-order valence-corrected chi connectivity index (χ1v) is 11.4. The van der Waals surface area contributed by atoms with E-state index in [1.54, 1.807) is 4.90 Å². The van der Waals surface area contributed by atoms with Gasteiger partial charge in [-0.15, -0.1) is 12.4 Å². The number of halogens is 2. The fraction of sp³-hybridized carbons (Fsp3) is 0.391. The van der Waals surface area contributed by atoms with E-state index >= 15 is 0 Å². The van der Waals surface area contributed by atoms with Gasteiger partial charge in [0.1, 0.15) is 11.3 Å². The summed E-state index contributed by atoms with van der Waals surface area (Å²) in [5.41, 5.74) is 1.35. The van der Waals surface area contributed by atoms with Crippen LogP contribution < -0.4 is 9.64 Å². The molecule has 31 heavy (non-hydrogen) atoms. The molecule has 8 heteroatoms. The van der Waals surface area contributed by atoms with Gasteiger partial charge in [-0.25, -0.2) is 4.98 Å². The number of benzene rings is 2. The average molecular weight is 482 g/mol. The Morgan fingerprint density at radius 2 is 1.84 bits per heavy atom. The Hall–Kier alpha value is -1.86. The fourth-order valence-electron chi connectivity index (χ4n) is 2.99. The lowest BCUT2D eigenvalue weighted by atomic mass is 10.2. The van der Waals surface area contributed by atoms with Crippen molar-refractivity contribution >= 4 is 56.6 Å². The molecule has 0 bridgehead atoms. The van der Waals surface area contributed by atoms with E-state index in [1.165, 1.54) is 11.3 Å². The molecule has 3 aromatic rings. The van der Waals surface area contributed by atoms with Crippen molar-refractivity contribution in [2.45, 2.75) is 26.2 Å². The lowest BCUT2D eigenvalue weighted by molar-refractivity contribution is 0.0985. The third-order valence-electron chi connectivity index (χ3n) is 4.72. The number of hydrogen-bond acceptors (Lipinski definition) is 5. The van der Waals surface area contributed by atoms with Gasteiger partial charge in [0.05, 0.1) is 16.3 Å². The number of unbranched alkanes of at least 4 members (excludes halogenated alkanes) is 2. The van der Waals surface area contributed by atoms with E-state index in [1.807, 2.05) is 61.5 Å². The lowest BCUT2D eigenvalue weighted by Crippen LogP contribution is -2.36. The molecule has 0 aliphatic rings. The quantitative estimate of drug-likeness (QED) is 0.325. The lowest BCUT2D eigenvalue weighted by Gasteiger charge is -2.22. The number of hydrogen-bond donors (Lipinski definition) is 0. The van der Waals surface area contributed by atoms with Gasteiger partial charge in [-0.1, -0.05) is 48.8 Å². The molecule has 5 nitrogen and oxygen atoms in total. The molecule has 0 spiro atoms. The summed E-state index contributed by atoms with van der Waals surface area (Å²) in [4.78, 5) is 21.8. The molecule has 0 saturated carbocycles. The van der Waals surface area contributed by atoms with Crippen molar-refractivity contribution in [2.24, 2.45) is 0 Å².